The molecule has 1 heterocycles. The zero-order valence-corrected chi connectivity index (χ0v) is 12.4. The van der Waals surface area contributed by atoms with Gasteiger partial charge in [-0.1, -0.05) is 23.7 Å². The maximum Gasteiger partial charge on any atom is 0.222 e. The predicted octanol–water partition coefficient (Wildman–Crippen LogP) is 3.38. The summed E-state index contributed by atoms with van der Waals surface area (Å²) in [5, 5.41) is 14.1. The quantitative estimate of drug-likeness (QED) is 0.509. The Morgan fingerprint density at radius 3 is 2.91 bits per heavy atom. The average Bonchev–Trinajstić information content (AvgIpc) is 2.94. The van der Waals surface area contributed by atoms with Gasteiger partial charge in [0.05, 0.1) is 29.4 Å². The minimum Gasteiger partial charge on any atom is -0.503 e. The maximum atomic E-state index is 9.83. The summed E-state index contributed by atoms with van der Waals surface area (Å²) in [6.45, 7) is 0. The molecule has 0 amide bonds. The Morgan fingerprint density at radius 1 is 1.32 bits per heavy atom. The number of phenols is 1. The predicted molar refractivity (Wildman–Crippen MR) is 87.0 cm³/mol. The van der Waals surface area contributed by atoms with Crippen molar-refractivity contribution >= 4 is 34.8 Å². The molecular weight excluding hydrogens is 304 g/mol. The maximum absolute atomic E-state index is 9.83. The Hall–Kier alpha value is -2.73. The second-order valence-electron chi connectivity index (χ2n) is 4.49. The van der Waals surface area contributed by atoms with E-state index in [1.54, 1.807) is 12.1 Å². The zero-order chi connectivity index (χ0) is 15.5. The Balaban J connectivity index is 1.78. The molecule has 0 aliphatic heterocycles. The topological polar surface area (TPSA) is 82.5 Å². The van der Waals surface area contributed by atoms with Crippen LogP contribution in [0.4, 0.5) is 5.95 Å². The number of imidazole rings is 1. The van der Waals surface area contributed by atoms with Gasteiger partial charge in [0.15, 0.2) is 11.5 Å². The van der Waals surface area contributed by atoms with Crippen LogP contribution in [0.5, 0.6) is 11.5 Å². The number of benzene rings is 2. The van der Waals surface area contributed by atoms with Gasteiger partial charge in [0.2, 0.25) is 5.95 Å². The van der Waals surface area contributed by atoms with Crippen molar-refractivity contribution in [2.24, 2.45) is 5.10 Å². The van der Waals surface area contributed by atoms with Crippen LogP contribution in [0.1, 0.15) is 5.56 Å². The molecule has 0 atom stereocenters. The van der Waals surface area contributed by atoms with E-state index in [1.165, 1.54) is 13.3 Å². The number of ether oxygens (including phenoxy) is 1. The molecule has 3 rings (SSSR count). The lowest BCUT2D eigenvalue weighted by Crippen LogP contribution is -1.94. The van der Waals surface area contributed by atoms with Crippen LogP contribution in [-0.2, 0) is 0 Å². The second-order valence-corrected chi connectivity index (χ2v) is 4.87. The number of phenolic OH excluding ortho intramolecular Hbond substituents is 1. The van der Waals surface area contributed by atoms with Crippen molar-refractivity contribution in [3.63, 3.8) is 0 Å². The molecule has 0 unspecified atom stereocenters. The number of para-hydroxylation sites is 2. The fraction of sp³-hybridized carbons (Fsp3) is 0.0667. The number of nitrogens with zero attached hydrogens (tertiary/aromatic N) is 2. The standard InChI is InChI=1S/C15H13ClN4O2/c1-22-12-7-6-9(13(16)14(12)21)8-17-20-15-18-10-4-2-3-5-11(10)19-15/h2-8,21H,1H3,(H2,18,19,20)/b17-8-. The van der Waals surface area contributed by atoms with E-state index in [2.05, 4.69) is 20.5 Å². The summed E-state index contributed by atoms with van der Waals surface area (Å²) in [6, 6.07) is 11.0. The number of H-pyrrole nitrogens is 1. The fourth-order valence-corrected chi connectivity index (χ4v) is 2.20. The highest BCUT2D eigenvalue weighted by molar-refractivity contribution is 6.34. The van der Waals surface area contributed by atoms with Gasteiger partial charge in [-0.3, -0.25) is 0 Å². The SMILES string of the molecule is COc1ccc(/C=N\Nc2nc3ccccc3[nH]2)c(Cl)c1O. The van der Waals surface area contributed by atoms with Crippen LogP contribution in [0, 0.1) is 0 Å². The first-order valence-corrected chi connectivity index (χ1v) is 6.86. The normalized spacial score (nSPS) is 11.2. The first-order chi connectivity index (χ1) is 10.7. The molecule has 112 valence electrons. The van der Waals surface area contributed by atoms with Gasteiger partial charge >= 0.3 is 0 Å². The smallest absolute Gasteiger partial charge is 0.222 e. The molecule has 3 aromatic rings. The van der Waals surface area contributed by atoms with Crippen LogP contribution >= 0.6 is 11.6 Å². The number of hydrazone groups is 1. The molecule has 0 fully saturated rings. The summed E-state index contributed by atoms with van der Waals surface area (Å²) < 4.78 is 4.98. The average molecular weight is 317 g/mol. The van der Waals surface area contributed by atoms with Crippen LogP contribution in [0.3, 0.4) is 0 Å². The van der Waals surface area contributed by atoms with E-state index < -0.39 is 0 Å². The second kappa shape index (κ2) is 5.95. The summed E-state index contributed by atoms with van der Waals surface area (Å²) in [5.74, 6) is 0.718. The van der Waals surface area contributed by atoms with E-state index >= 15 is 0 Å². The van der Waals surface area contributed by atoms with E-state index in [0.29, 0.717) is 17.3 Å². The molecule has 1 aromatic heterocycles. The number of hydrogen-bond acceptors (Lipinski definition) is 5. The number of hydrogen-bond donors (Lipinski definition) is 3. The molecule has 2 aromatic carbocycles. The first-order valence-electron chi connectivity index (χ1n) is 6.48. The van der Waals surface area contributed by atoms with Crippen molar-refractivity contribution in [3.8, 4) is 11.5 Å². The molecule has 0 aliphatic rings. The first kappa shape index (κ1) is 14.2. The molecule has 3 N–H and O–H groups in total. The van der Waals surface area contributed by atoms with E-state index in [0.717, 1.165) is 11.0 Å². The molecule has 0 aliphatic carbocycles. The van der Waals surface area contributed by atoms with Crippen LogP contribution in [0.15, 0.2) is 41.5 Å². The summed E-state index contributed by atoms with van der Waals surface area (Å²) in [7, 11) is 1.46. The lowest BCUT2D eigenvalue weighted by Gasteiger charge is -2.06. The Labute approximate surface area is 131 Å². The molecule has 0 spiro atoms. The van der Waals surface area contributed by atoms with Gasteiger partial charge in [0.25, 0.3) is 0 Å². The minimum absolute atomic E-state index is 0.114. The number of fused-ring (bicyclic) bond motifs is 1. The highest BCUT2D eigenvalue weighted by atomic mass is 35.5. The van der Waals surface area contributed by atoms with E-state index in [-0.39, 0.29) is 10.8 Å². The Bertz CT molecular complexity index is 812. The molecule has 0 radical (unpaired) electrons. The number of aromatic hydroxyl groups is 1. The zero-order valence-electron chi connectivity index (χ0n) is 11.7. The lowest BCUT2D eigenvalue weighted by molar-refractivity contribution is 0.373. The number of rotatable bonds is 4. The van der Waals surface area contributed by atoms with Gasteiger partial charge in [0, 0.05) is 5.56 Å². The van der Waals surface area contributed by atoms with Crippen molar-refractivity contribution < 1.29 is 9.84 Å². The molecule has 22 heavy (non-hydrogen) atoms. The van der Waals surface area contributed by atoms with E-state index in [9.17, 15) is 5.11 Å². The molecule has 6 nitrogen and oxygen atoms in total. The Kier molecular flexibility index (Phi) is 3.84. The summed E-state index contributed by atoms with van der Waals surface area (Å²) in [6.07, 6.45) is 1.49. The van der Waals surface area contributed by atoms with Crippen LogP contribution in [0.2, 0.25) is 5.02 Å². The number of nitrogens with one attached hydrogen (secondary N) is 2. The number of methoxy groups -OCH3 is 1. The largest absolute Gasteiger partial charge is 0.503 e. The van der Waals surface area contributed by atoms with Crippen LogP contribution in [0.25, 0.3) is 11.0 Å². The van der Waals surface area contributed by atoms with Crippen molar-refractivity contribution in [1.82, 2.24) is 9.97 Å². The van der Waals surface area contributed by atoms with Crippen molar-refractivity contribution in [2.75, 3.05) is 12.5 Å². The summed E-state index contributed by atoms with van der Waals surface area (Å²) in [4.78, 5) is 7.42. The third-order valence-corrected chi connectivity index (χ3v) is 3.49. The third kappa shape index (κ3) is 2.68. The van der Waals surface area contributed by atoms with Gasteiger partial charge in [-0.25, -0.2) is 10.4 Å². The minimum atomic E-state index is -0.114. The molecule has 0 bridgehead atoms. The third-order valence-electron chi connectivity index (χ3n) is 3.09. The van der Waals surface area contributed by atoms with Crippen molar-refractivity contribution in [1.29, 1.82) is 0 Å². The fourth-order valence-electron chi connectivity index (χ4n) is 2.00. The van der Waals surface area contributed by atoms with Crippen LogP contribution < -0.4 is 10.2 Å². The molecule has 7 heteroatoms. The van der Waals surface area contributed by atoms with E-state index in [4.69, 9.17) is 16.3 Å². The van der Waals surface area contributed by atoms with E-state index in [1.807, 2.05) is 24.3 Å². The highest BCUT2D eigenvalue weighted by Gasteiger charge is 2.09. The Morgan fingerprint density at radius 2 is 2.14 bits per heavy atom. The lowest BCUT2D eigenvalue weighted by atomic mass is 10.2. The van der Waals surface area contributed by atoms with Gasteiger partial charge < -0.3 is 14.8 Å². The molecule has 0 saturated carbocycles. The number of aromatic amines is 1. The number of aromatic nitrogens is 2. The van der Waals surface area contributed by atoms with Crippen molar-refractivity contribution in [3.05, 3.63) is 47.0 Å². The van der Waals surface area contributed by atoms with Gasteiger partial charge in [-0.15, -0.1) is 0 Å². The highest BCUT2D eigenvalue weighted by Crippen LogP contribution is 2.35. The van der Waals surface area contributed by atoms with Gasteiger partial charge in [0.1, 0.15) is 0 Å². The number of halogens is 1. The van der Waals surface area contributed by atoms with Gasteiger partial charge in [-0.05, 0) is 24.3 Å². The van der Waals surface area contributed by atoms with Gasteiger partial charge in [-0.2, -0.15) is 5.10 Å². The summed E-state index contributed by atoms with van der Waals surface area (Å²) >= 11 is 6.05. The summed E-state index contributed by atoms with van der Waals surface area (Å²) in [5.41, 5.74) is 5.11. The van der Waals surface area contributed by atoms with Crippen molar-refractivity contribution in [2.45, 2.75) is 0 Å². The van der Waals surface area contributed by atoms with Crippen LogP contribution in [-0.4, -0.2) is 28.4 Å². The molecule has 0 saturated heterocycles. The molecular formula is C15H13ClN4O2. The number of anilines is 1. The monoisotopic (exact) mass is 316 g/mol.